The number of halogens is 1. The summed E-state index contributed by atoms with van der Waals surface area (Å²) >= 11 is 3.24. The number of aliphatic hydroxyl groups is 1. The fourth-order valence-corrected chi connectivity index (χ4v) is 1.24. The molecule has 0 aromatic carbocycles. The van der Waals surface area contributed by atoms with E-state index in [2.05, 4.69) is 20.9 Å². The molecule has 1 aromatic heterocycles. The number of hydrogen-bond acceptors (Lipinski definition) is 2. The van der Waals surface area contributed by atoms with Gasteiger partial charge in [-0.2, -0.15) is 0 Å². The van der Waals surface area contributed by atoms with Crippen LogP contribution in [-0.4, -0.2) is 10.1 Å². The van der Waals surface area contributed by atoms with Crippen LogP contribution >= 0.6 is 15.9 Å². The van der Waals surface area contributed by atoms with Gasteiger partial charge in [0, 0.05) is 6.20 Å². The minimum Gasteiger partial charge on any atom is -0.388 e. The zero-order valence-corrected chi connectivity index (χ0v) is 7.87. The van der Waals surface area contributed by atoms with Gasteiger partial charge in [-0.25, -0.2) is 4.98 Å². The fraction of sp³-hybridized carbons (Fsp3) is 0.375. The van der Waals surface area contributed by atoms with Crippen molar-refractivity contribution in [3.05, 3.63) is 28.5 Å². The lowest BCUT2D eigenvalue weighted by Gasteiger charge is -2.06. The molecule has 1 rings (SSSR count). The lowest BCUT2D eigenvalue weighted by atomic mass is 10.1. The van der Waals surface area contributed by atoms with Crippen molar-refractivity contribution in [3.8, 4) is 0 Å². The van der Waals surface area contributed by atoms with Gasteiger partial charge in [0.15, 0.2) is 0 Å². The third-order valence-corrected chi connectivity index (χ3v) is 1.96. The molecule has 1 aromatic rings. The van der Waals surface area contributed by atoms with Crippen LogP contribution in [0.5, 0.6) is 0 Å². The lowest BCUT2D eigenvalue weighted by molar-refractivity contribution is 0.173. The summed E-state index contributed by atoms with van der Waals surface area (Å²) in [5.41, 5.74) is 0.911. The minimum atomic E-state index is -0.366. The molecule has 0 aliphatic heterocycles. The van der Waals surface area contributed by atoms with Crippen molar-refractivity contribution in [2.75, 3.05) is 0 Å². The number of pyridine rings is 1. The van der Waals surface area contributed by atoms with Crippen LogP contribution < -0.4 is 0 Å². The number of hydrogen-bond donors (Lipinski definition) is 1. The van der Waals surface area contributed by atoms with Crippen molar-refractivity contribution >= 4 is 15.9 Å². The first-order chi connectivity index (χ1) is 5.24. The predicted octanol–water partition coefficient (Wildman–Crippen LogP) is 2.29. The first-order valence-corrected chi connectivity index (χ1v) is 4.33. The first-order valence-electron chi connectivity index (χ1n) is 3.53. The molecule has 11 heavy (non-hydrogen) atoms. The Morgan fingerprint density at radius 2 is 2.45 bits per heavy atom. The van der Waals surface area contributed by atoms with Crippen molar-refractivity contribution in [1.29, 1.82) is 0 Å². The zero-order chi connectivity index (χ0) is 8.27. The van der Waals surface area contributed by atoms with Gasteiger partial charge in [0.1, 0.15) is 4.60 Å². The number of aromatic nitrogens is 1. The zero-order valence-electron chi connectivity index (χ0n) is 6.29. The van der Waals surface area contributed by atoms with Crippen LogP contribution in [0.25, 0.3) is 0 Å². The normalized spacial score (nSPS) is 13.0. The minimum absolute atomic E-state index is 0.366. The molecule has 60 valence electrons. The van der Waals surface area contributed by atoms with Crippen molar-refractivity contribution in [2.24, 2.45) is 0 Å². The summed E-state index contributed by atoms with van der Waals surface area (Å²) < 4.78 is 0.766. The number of aliphatic hydroxyl groups excluding tert-OH is 1. The summed E-state index contributed by atoms with van der Waals surface area (Å²) in [6.07, 6.45) is 2.05. The third kappa shape index (κ3) is 2.27. The van der Waals surface area contributed by atoms with Crippen LogP contribution in [-0.2, 0) is 0 Å². The van der Waals surface area contributed by atoms with E-state index < -0.39 is 0 Å². The van der Waals surface area contributed by atoms with E-state index in [0.29, 0.717) is 0 Å². The smallest absolute Gasteiger partial charge is 0.106 e. The highest BCUT2D eigenvalue weighted by molar-refractivity contribution is 9.10. The van der Waals surface area contributed by atoms with Crippen LogP contribution in [0.15, 0.2) is 22.9 Å². The highest BCUT2D eigenvalue weighted by Gasteiger charge is 2.03. The van der Waals surface area contributed by atoms with Crippen LogP contribution in [0.4, 0.5) is 0 Å². The molecular formula is C8H10BrNO. The maximum absolute atomic E-state index is 9.41. The highest BCUT2D eigenvalue weighted by Crippen LogP contribution is 2.17. The monoisotopic (exact) mass is 215 g/mol. The van der Waals surface area contributed by atoms with Crippen molar-refractivity contribution in [3.63, 3.8) is 0 Å². The Labute approximate surface area is 74.4 Å². The van der Waals surface area contributed by atoms with E-state index in [1.54, 1.807) is 6.20 Å². The van der Waals surface area contributed by atoms with E-state index in [1.165, 1.54) is 0 Å². The molecule has 0 saturated carbocycles. The highest BCUT2D eigenvalue weighted by atomic mass is 79.9. The van der Waals surface area contributed by atoms with Gasteiger partial charge in [0.25, 0.3) is 0 Å². The maximum Gasteiger partial charge on any atom is 0.106 e. The average molecular weight is 216 g/mol. The molecule has 0 saturated heterocycles. The Hall–Kier alpha value is -0.410. The molecule has 0 aliphatic carbocycles. The molecule has 0 amide bonds. The first kappa shape index (κ1) is 8.68. The molecule has 2 nitrogen and oxygen atoms in total. The second-order valence-electron chi connectivity index (χ2n) is 2.34. The van der Waals surface area contributed by atoms with E-state index in [0.717, 1.165) is 16.6 Å². The van der Waals surface area contributed by atoms with Gasteiger partial charge in [0.05, 0.1) is 6.10 Å². The van der Waals surface area contributed by atoms with E-state index in [1.807, 2.05) is 19.1 Å². The van der Waals surface area contributed by atoms with Crippen molar-refractivity contribution in [1.82, 2.24) is 4.98 Å². The van der Waals surface area contributed by atoms with Gasteiger partial charge in [-0.05, 0) is 40.0 Å². The molecule has 0 aliphatic rings. The van der Waals surface area contributed by atoms with Gasteiger partial charge < -0.3 is 5.11 Å². The van der Waals surface area contributed by atoms with Gasteiger partial charge >= 0.3 is 0 Å². The van der Waals surface area contributed by atoms with Gasteiger partial charge in [-0.3, -0.25) is 0 Å². The van der Waals surface area contributed by atoms with Gasteiger partial charge in [-0.1, -0.05) is 6.92 Å². The van der Waals surface area contributed by atoms with Crippen LogP contribution in [0.1, 0.15) is 25.0 Å². The Morgan fingerprint density at radius 1 is 1.73 bits per heavy atom. The van der Waals surface area contributed by atoms with E-state index in [4.69, 9.17) is 0 Å². The van der Waals surface area contributed by atoms with E-state index in [-0.39, 0.29) is 6.10 Å². The average Bonchev–Trinajstić information content (AvgIpc) is 2.03. The summed E-state index contributed by atoms with van der Waals surface area (Å²) in [5, 5.41) is 9.41. The van der Waals surface area contributed by atoms with Crippen molar-refractivity contribution in [2.45, 2.75) is 19.4 Å². The van der Waals surface area contributed by atoms with E-state index >= 15 is 0 Å². The van der Waals surface area contributed by atoms with Crippen LogP contribution in [0, 0.1) is 0 Å². The molecule has 3 heteroatoms. The van der Waals surface area contributed by atoms with Gasteiger partial charge in [0.2, 0.25) is 0 Å². The Kier molecular flexibility index (Phi) is 3.02. The molecule has 0 spiro atoms. The topological polar surface area (TPSA) is 33.1 Å². The molecule has 1 unspecified atom stereocenters. The molecule has 1 heterocycles. The van der Waals surface area contributed by atoms with Crippen molar-refractivity contribution < 1.29 is 5.11 Å². The second-order valence-corrected chi connectivity index (χ2v) is 3.15. The predicted molar refractivity (Wildman–Crippen MR) is 47.2 cm³/mol. The largest absolute Gasteiger partial charge is 0.388 e. The summed E-state index contributed by atoms with van der Waals surface area (Å²) in [4.78, 5) is 3.96. The lowest BCUT2D eigenvalue weighted by Crippen LogP contribution is -1.94. The fourth-order valence-electron chi connectivity index (χ4n) is 0.860. The number of rotatable bonds is 2. The molecule has 0 fully saturated rings. The Balaban J connectivity index is 2.86. The number of nitrogens with zero attached hydrogens (tertiary/aromatic N) is 1. The molecular weight excluding hydrogens is 206 g/mol. The summed E-state index contributed by atoms with van der Waals surface area (Å²) in [6.45, 7) is 1.94. The summed E-state index contributed by atoms with van der Waals surface area (Å²) in [5.74, 6) is 0. The van der Waals surface area contributed by atoms with Gasteiger partial charge in [-0.15, -0.1) is 0 Å². The summed E-state index contributed by atoms with van der Waals surface area (Å²) in [7, 11) is 0. The van der Waals surface area contributed by atoms with Crippen LogP contribution in [0.3, 0.4) is 0 Å². The molecule has 0 radical (unpaired) electrons. The quantitative estimate of drug-likeness (QED) is 0.769. The second kappa shape index (κ2) is 3.83. The Morgan fingerprint density at radius 3 is 3.00 bits per heavy atom. The molecule has 1 N–H and O–H groups in total. The Bertz CT molecular complexity index is 239. The van der Waals surface area contributed by atoms with E-state index in [9.17, 15) is 5.11 Å². The third-order valence-electron chi connectivity index (χ3n) is 1.52. The SMILES string of the molecule is CCC(O)c1ccnc(Br)c1. The maximum atomic E-state index is 9.41. The van der Waals surface area contributed by atoms with Crippen LogP contribution in [0.2, 0.25) is 0 Å². The standard InChI is InChI=1S/C8H10BrNO/c1-2-7(11)6-3-4-10-8(9)5-6/h3-5,7,11H,2H2,1H3. The summed E-state index contributed by atoms with van der Waals surface area (Å²) in [6, 6.07) is 3.65. The molecule has 0 bridgehead atoms. The molecule has 1 atom stereocenters.